The highest BCUT2D eigenvalue weighted by atomic mass is 32.2. The molecule has 10 rings (SSSR count). The minimum Gasteiger partial charge on any atom is -0.465 e. The molecule has 54 heavy (non-hydrogen) atoms. The van der Waals surface area contributed by atoms with Gasteiger partial charge in [-0.25, -0.2) is 0 Å². The number of fused-ring (bicyclic) bond motifs is 12. The molecule has 0 aromatic rings. The van der Waals surface area contributed by atoms with E-state index in [1.165, 1.54) is 36.8 Å². The first-order chi connectivity index (χ1) is 25.7. The van der Waals surface area contributed by atoms with Crippen LogP contribution in [0.2, 0.25) is 0 Å². The summed E-state index contributed by atoms with van der Waals surface area (Å²) in [6, 6.07) is 0. The number of carbonyl (C=O) groups is 4. The van der Waals surface area contributed by atoms with Gasteiger partial charge in [0.15, 0.2) is 11.6 Å². The fourth-order valence-electron chi connectivity index (χ4n) is 16.6. The van der Waals surface area contributed by atoms with Gasteiger partial charge >= 0.3 is 5.97 Å². The summed E-state index contributed by atoms with van der Waals surface area (Å²) in [4.78, 5) is 49.8. The molecule has 10 aliphatic rings. The summed E-state index contributed by atoms with van der Waals surface area (Å²) in [5, 5.41) is 0.118. The van der Waals surface area contributed by atoms with E-state index in [0.717, 1.165) is 83.0 Å². The standard InChI is InChI=1S/C24H34O4S.C23H30O2/c1-4-29(27)19-14-15-13-16(25)5-8-22(15,2)17-6-9-23(3)18(20(17)19)7-10-24(23)11-12-28-21(24)26;1-21-11-7-16(24)14-15(21)5-6-17-18(21)8-12-22(2)19(17)9-13-23(22)10-3-4-20(23)25/h13,17-20H,4-12,14H2,1-3H3;7,11,14,17-19H,3-6,8-10,12-13H2,1-2H3/t17?,18?,19-,20?,22?,23?,24-,29?;17?,18-,19?,21?,22?,23-/m10/s1. The van der Waals surface area contributed by atoms with Crippen molar-refractivity contribution in [3.8, 4) is 0 Å². The summed E-state index contributed by atoms with van der Waals surface area (Å²) in [5.41, 5.74) is 2.65. The molecule has 2 spiro atoms. The van der Waals surface area contributed by atoms with Crippen LogP contribution >= 0.6 is 0 Å². The van der Waals surface area contributed by atoms with E-state index >= 15 is 0 Å². The van der Waals surface area contributed by atoms with Gasteiger partial charge in [-0.3, -0.25) is 23.4 Å². The van der Waals surface area contributed by atoms with E-state index in [2.05, 4.69) is 33.8 Å². The van der Waals surface area contributed by atoms with Gasteiger partial charge in [0.1, 0.15) is 5.78 Å². The van der Waals surface area contributed by atoms with Crippen LogP contribution in [0.15, 0.2) is 35.5 Å². The number of ether oxygens (including phenoxy) is 1. The number of cyclic esters (lactones) is 1. The van der Waals surface area contributed by atoms with Gasteiger partial charge in [-0.15, -0.1) is 0 Å². The largest absolute Gasteiger partial charge is 0.465 e. The van der Waals surface area contributed by atoms with Crippen molar-refractivity contribution in [1.82, 2.24) is 0 Å². The molecule has 0 aromatic carbocycles. The van der Waals surface area contributed by atoms with Crippen LogP contribution in [0.4, 0.5) is 0 Å². The number of esters is 1. The number of ketones is 3. The maximum absolute atomic E-state index is 13.3. The van der Waals surface area contributed by atoms with E-state index < -0.39 is 10.8 Å². The van der Waals surface area contributed by atoms with Crippen molar-refractivity contribution in [2.75, 3.05) is 12.4 Å². The third-order valence-electron chi connectivity index (χ3n) is 19.6. The van der Waals surface area contributed by atoms with Crippen LogP contribution in [0.5, 0.6) is 0 Å². The third-order valence-corrected chi connectivity index (χ3v) is 21.3. The van der Waals surface area contributed by atoms with Crippen molar-refractivity contribution in [2.45, 2.75) is 149 Å². The molecule has 10 unspecified atom stereocenters. The smallest absolute Gasteiger partial charge is 0.312 e. The molecule has 0 amide bonds. The van der Waals surface area contributed by atoms with Gasteiger partial charge < -0.3 is 4.74 Å². The quantitative estimate of drug-likeness (QED) is 0.261. The molecule has 0 N–H and O–H groups in total. The molecule has 9 aliphatic carbocycles. The minimum absolute atomic E-state index is 0.0119. The molecular weight excluding hydrogens is 693 g/mol. The molecule has 294 valence electrons. The number of rotatable bonds is 2. The molecule has 7 saturated carbocycles. The topological polar surface area (TPSA) is 94.6 Å². The van der Waals surface area contributed by atoms with Crippen molar-refractivity contribution >= 4 is 34.1 Å². The lowest BCUT2D eigenvalue weighted by molar-refractivity contribution is -0.156. The number of carbonyl (C=O) groups excluding carboxylic acids is 4. The van der Waals surface area contributed by atoms with Crippen molar-refractivity contribution < 1.29 is 28.1 Å². The average Bonchev–Trinajstić information content (AvgIpc) is 3.89. The lowest BCUT2D eigenvalue weighted by Gasteiger charge is -2.61. The number of Topliss-reactive ketones (excluding diaryl/α,β-unsaturated/α-hetero) is 1. The van der Waals surface area contributed by atoms with Crippen LogP contribution in [0.3, 0.4) is 0 Å². The average molecular weight is 757 g/mol. The van der Waals surface area contributed by atoms with Crippen molar-refractivity contribution in [3.63, 3.8) is 0 Å². The zero-order valence-corrected chi connectivity index (χ0v) is 34.5. The zero-order chi connectivity index (χ0) is 38.1. The number of allylic oxidation sites excluding steroid dienone is 5. The minimum atomic E-state index is -0.894. The Morgan fingerprint density at radius 2 is 1.43 bits per heavy atom. The van der Waals surface area contributed by atoms with Gasteiger partial charge in [-0.05, 0) is 166 Å². The SMILES string of the molecule is CC12C=CC(=O)C=C1CCC1C3CC[C@]4(CCCC4=O)C3(C)CC[C@@H]12.CCS(=O)[C@@H]1CC2=CC(=O)CCC2(C)C2CCC3(C)C(CC[C@]34CCOC4=O)C21. The molecule has 0 bridgehead atoms. The lowest BCUT2D eigenvalue weighted by Crippen LogP contribution is -2.58. The molecule has 1 saturated heterocycles. The molecule has 6 nitrogen and oxygen atoms in total. The Balaban J connectivity index is 0.000000144. The van der Waals surface area contributed by atoms with Crippen LogP contribution in [0.1, 0.15) is 144 Å². The molecular formula is C47H64O6S. The van der Waals surface area contributed by atoms with Gasteiger partial charge in [-0.1, -0.05) is 51.8 Å². The van der Waals surface area contributed by atoms with Crippen LogP contribution in [-0.2, 0) is 34.7 Å². The fraction of sp³-hybridized carbons (Fsp3) is 0.787. The highest BCUT2D eigenvalue weighted by Gasteiger charge is 2.70. The predicted octanol–water partition coefficient (Wildman–Crippen LogP) is 9.23. The van der Waals surface area contributed by atoms with Crippen LogP contribution in [-0.4, -0.2) is 45.1 Å². The third kappa shape index (κ3) is 4.84. The zero-order valence-electron chi connectivity index (χ0n) is 33.6. The Bertz CT molecular complexity index is 1790. The summed E-state index contributed by atoms with van der Waals surface area (Å²) in [5.74, 6) is 5.08. The van der Waals surface area contributed by atoms with Crippen LogP contribution in [0, 0.1) is 68.0 Å². The Kier molecular flexibility index (Phi) is 8.78. The second-order valence-electron chi connectivity index (χ2n) is 20.7. The van der Waals surface area contributed by atoms with Crippen molar-refractivity contribution in [3.05, 3.63) is 35.5 Å². The molecule has 8 fully saturated rings. The van der Waals surface area contributed by atoms with E-state index in [4.69, 9.17) is 4.74 Å². The van der Waals surface area contributed by atoms with Crippen molar-refractivity contribution in [2.24, 2.45) is 68.0 Å². The molecule has 1 heterocycles. The molecule has 7 heteroatoms. The van der Waals surface area contributed by atoms with Crippen molar-refractivity contribution in [1.29, 1.82) is 0 Å². The molecule has 1 aliphatic heterocycles. The highest BCUT2D eigenvalue weighted by Crippen LogP contribution is 2.73. The van der Waals surface area contributed by atoms with Crippen LogP contribution in [0.25, 0.3) is 0 Å². The second kappa shape index (κ2) is 12.7. The lowest BCUT2D eigenvalue weighted by atomic mass is 9.45. The Morgan fingerprint density at radius 1 is 0.722 bits per heavy atom. The first-order valence-corrected chi connectivity index (χ1v) is 23.3. The summed E-state index contributed by atoms with van der Waals surface area (Å²) in [7, 11) is -0.894. The van der Waals surface area contributed by atoms with Gasteiger partial charge in [0.2, 0.25) is 0 Å². The monoisotopic (exact) mass is 756 g/mol. The van der Waals surface area contributed by atoms with Gasteiger partial charge in [0.25, 0.3) is 0 Å². The first kappa shape index (κ1) is 37.4. The van der Waals surface area contributed by atoms with E-state index in [-0.39, 0.29) is 55.3 Å². The Labute approximate surface area is 326 Å². The Hall–Kier alpha value is -2.15. The Morgan fingerprint density at radius 3 is 2.13 bits per heavy atom. The maximum atomic E-state index is 13.3. The number of hydrogen-bond donors (Lipinski definition) is 0. The van der Waals surface area contributed by atoms with Gasteiger partial charge in [0, 0.05) is 45.5 Å². The highest BCUT2D eigenvalue weighted by molar-refractivity contribution is 7.85. The second-order valence-corrected chi connectivity index (χ2v) is 22.6. The van der Waals surface area contributed by atoms with E-state index in [9.17, 15) is 23.4 Å². The molecule has 0 aromatic heterocycles. The summed E-state index contributed by atoms with van der Waals surface area (Å²) in [6.07, 6.45) is 25.4. The normalized spacial score (nSPS) is 50.5. The van der Waals surface area contributed by atoms with Crippen LogP contribution < -0.4 is 0 Å². The summed E-state index contributed by atoms with van der Waals surface area (Å²) < 4.78 is 18.8. The predicted molar refractivity (Wildman–Crippen MR) is 210 cm³/mol. The maximum Gasteiger partial charge on any atom is 0.312 e. The molecule has 0 radical (unpaired) electrons. The fourth-order valence-corrected chi connectivity index (χ4v) is 18.1. The van der Waals surface area contributed by atoms with E-state index in [1.54, 1.807) is 6.08 Å². The summed E-state index contributed by atoms with van der Waals surface area (Å²) >= 11 is 0. The van der Waals surface area contributed by atoms with Gasteiger partial charge in [0.05, 0.1) is 12.0 Å². The summed E-state index contributed by atoms with van der Waals surface area (Å²) in [6.45, 7) is 12.1. The first-order valence-electron chi connectivity index (χ1n) is 21.9. The number of hydrogen-bond acceptors (Lipinski definition) is 6. The molecule has 14 atom stereocenters. The van der Waals surface area contributed by atoms with E-state index in [1.807, 2.05) is 19.1 Å². The van der Waals surface area contributed by atoms with E-state index in [0.29, 0.717) is 54.2 Å². The van der Waals surface area contributed by atoms with Gasteiger partial charge in [-0.2, -0.15) is 0 Å².